The molecule has 2 heterocycles. The van der Waals surface area contributed by atoms with Crippen molar-refractivity contribution in [3.63, 3.8) is 0 Å². The Kier molecular flexibility index (Phi) is 4.94. The van der Waals surface area contributed by atoms with E-state index in [4.69, 9.17) is 5.73 Å². The van der Waals surface area contributed by atoms with Gasteiger partial charge in [0, 0.05) is 50.3 Å². The largest absolute Gasteiger partial charge is 0.383 e. The van der Waals surface area contributed by atoms with E-state index in [-0.39, 0.29) is 0 Å². The summed E-state index contributed by atoms with van der Waals surface area (Å²) in [7, 11) is 0. The fourth-order valence-corrected chi connectivity index (χ4v) is 4.04. The normalized spacial score (nSPS) is 17.6. The van der Waals surface area contributed by atoms with E-state index in [0.717, 1.165) is 29.9 Å². The Morgan fingerprint density at radius 2 is 1.69 bits per heavy atom. The molecule has 1 aliphatic heterocycles. The van der Waals surface area contributed by atoms with E-state index in [0.29, 0.717) is 18.3 Å². The van der Waals surface area contributed by atoms with Crippen LogP contribution < -0.4 is 16.0 Å². The van der Waals surface area contributed by atoms with Crippen molar-refractivity contribution in [3.8, 4) is 0 Å². The first-order chi connectivity index (χ1) is 14.2. The van der Waals surface area contributed by atoms with Gasteiger partial charge in [-0.25, -0.2) is 4.98 Å². The van der Waals surface area contributed by atoms with Crippen LogP contribution in [0.15, 0.2) is 48.5 Å². The monoisotopic (exact) mass is 388 g/mol. The molecule has 2 aromatic carbocycles. The Bertz CT molecular complexity index is 974. The molecular weight excluding hydrogens is 360 g/mol. The number of benzene rings is 2. The average molecular weight is 389 g/mol. The molecule has 0 unspecified atom stereocenters. The highest BCUT2D eigenvalue weighted by molar-refractivity contribution is 5.88. The second-order valence-corrected chi connectivity index (χ2v) is 8.20. The standard InChI is InChI=1S/C23H28N6/c24-22-20-3-1-2-4-21(20)26-23(27-22)25-15-17-7-9-19(10-8-17)29-13-11-28(12-14-29)16-18-5-6-18/h1-4,7-10,18H,5-6,11-16H2,(H3,24,25,26,27). The van der Waals surface area contributed by atoms with E-state index < -0.39 is 0 Å². The van der Waals surface area contributed by atoms with Crippen LogP contribution in [0.5, 0.6) is 0 Å². The summed E-state index contributed by atoms with van der Waals surface area (Å²) in [4.78, 5) is 14.1. The number of nitrogens with zero attached hydrogens (tertiary/aromatic N) is 4. The van der Waals surface area contributed by atoms with Gasteiger partial charge >= 0.3 is 0 Å². The Morgan fingerprint density at radius 1 is 0.931 bits per heavy atom. The summed E-state index contributed by atoms with van der Waals surface area (Å²) in [6, 6.07) is 16.6. The molecule has 1 aliphatic carbocycles. The number of anilines is 3. The summed E-state index contributed by atoms with van der Waals surface area (Å²) in [5, 5.41) is 4.19. The van der Waals surface area contributed by atoms with Crippen LogP contribution in [0.25, 0.3) is 10.9 Å². The number of piperazine rings is 1. The van der Waals surface area contributed by atoms with Gasteiger partial charge in [0.25, 0.3) is 0 Å². The highest BCUT2D eigenvalue weighted by Gasteiger charge is 2.26. The molecule has 0 radical (unpaired) electrons. The molecule has 150 valence electrons. The third kappa shape index (κ3) is 4.27. The zero-order valence-electron chi connectivity index (χ0n) is 16.7. The molecule has 0 bridgehead atoms. The van der Waals surface area contributed by atoms with Crippen molar-refractivity contribution in [2.24, 2.45) is 5.92 Å². The van der Waals surface area contributed by atoms with Crippen LogP contribution in [0, 0.1) is 5.92 Å². The van der Waals surface area contributed by atoms with Crippen molar-refractivity contribution in [3.05, 3.63) is 54.1 Å². The van der Waals surface area contributed by atoms with Gasteiger partial charge in [-0.3, -0.25) is 4.90 Å². The number of rotatable bonds is 6. The van der Waals surface area contributed by atoms with Crippen molar-refractivity contribution in [2.75, 3.05) is 48.7 Å². The molecule has 6 heteroatoms. The minimum atomic E-state index is 0.509. The highest BCUT2D eigenvalue weighted by atomic mass is 15.3. The summed E-state index contributed by atoms with van der Waals surface area (Å²) in [6.07, 6.45) is 2.87. The number of nitrogen functional groups attached to an aromatic ring is 1. The van der Waals surface area contributed by atoms with Gasteiger partial charge in [0.15, 0.2) is 0 Å². The fraction of sp³-hybridized carbons (Fsp3) is 0.391. The van der Waals surface area contributed by atoms with Gasteiger partial charge in [-0.2, -0.15) is 4.98 Å². The lowest BCUT2D eigenvalue weighted by molar-refractivity contribution is 0.248. The van der Waals surface area contributed by atoms with Gasteiger partial charge in [0.05, 0.1) is 5.52 Å². The zero-order chi connectivity index (χ0) is 19.6. The first-order valence-corrected chi connectivity index (χ1v) is 10.6. The van der Waals surface area contributed by atoms with Crippen molar-refractivity contribution >= 4 is 28.4 Å². The smallest absolute Gasteiger partial charge is 0.225 e. The number of nitrogens with two attached hydrogens (primary N) is 1. The summed E-state index contributed by atoms with van der Waals surface area (Å²) < 4.78 is 0. The van der Waals surface area contributed by atoms with Crippen LogP contribution in [-0.2, 0) is 6.54 Å². The Balaban J connectivity index is 1.18. The maximum Gasteiger partial charge on any atom is 0.225 e. The van der Waals surface area contributed by atoms with E-state index in [9.17, 15) is 0 Å². The molecule has 1 saturated heterocycles. The van der Waals surface area contributed by atoms with Crippen molar-refractivity contribution in [1.82, 2.24) is 14.9 Å². The molecule has 1 aromatic heterocycles. The van der Waals surface area contributed by atoms with Gasteiger partial charge < -0.3 is 16.0 Å². The molecular formula is C23H28N6. The topological polar surface area (TPSA) is 70.3 Å². The van der Waals surface area contributed by atoms with Gasteiger partial charge in [-0.05, 0) is 48.6 Å². The number of hydrogen-bond acceptors (Lipinski definition) is 6. The second kappa shape index (κ2) is 7.87. The fourth-order valence-electron chi connectivity index (χ4n) is 4.04. The number of para-hydroxylation sites is 1. The summed E-state index contributed by atoms with van der Waals surface area (Å²) in [5.41, 5.74) is 9.44. The number of aromatic nitrogens is 2. The molecule has 0 atom stereocenters. The number of nitrogens with one attached hydrogen (secondary N) is 1. The number of hydrogen-bond donors (Lipinski definition) is 2. The van der Waals surface area contributed by atoms with Gasteiger partial charge in [-0.15, -0.1) is 0 Å². The maximum absolute atomic E-state index is 6.07. The first-order valence-electron chi connectivity index (χ1n) is 10.6. The van der Waals surface area contributed by atoms with Crippen molar-refractivity contribution in [1.29, 1.82) is 0 Å². The van der Waals surface area contributed by atoms with Crippen LogP contribution >= 0.6 is 0 Å². The lowest BCUT2D eigenvalue weighted by atomic mass is 10.1. The second-order valence-electron chi connectivity index (χ2n) is 8.20. The minimum absolute atomic E-state index is 0.509. The Morgan fingerprint density at radius 3 is 2.45 bits per heavy atom. The van der Waals surface area contributed by atoms with Crippen LogP contribution in [0.1, 0.15) is 18.4 Å². The van der Waals surface area contributed by atoms with Crippen molar-refractivity contribution < 1.29 is 0 Å². The van der Waals surface area contributed by atoms with Crippen LogP contribution in [0.2, 0.25) is 0 Å². The Labute approximate surface area is 171 Å². The Hall–Kier alpha value is -2.86. The van der Waals surface area contributed by atoms with Gasteiger partial charge in [0.2, 0.25) is 5.95 Å². The SMILES string of the molecule is Nc1nc(NCc2ccc(N3CCN(CC4CC4)CC3)cc2)nc2ccccc12. The summed E-state index contributed by atoms with van der Waals surface area (Å²) in [6.45, 7) is 6.58. The number of fused-ring (bicyclic) bond motifs is 1. The average Bonchev–Trinajstić information content (AvgIpc) is 3.57. The third-order valence-electron chi connectivity index (χ3n) is 5.97. The summed E-state index contributed by atoms with van der Waals surface area (Å²) in [5.74, 6) is 2.06. The summed E-state index contributed by atoms with van der Waals surface area (Å²) >= 11 is 0. The van der Waals surface area contributed by atoms with Crippen molar-refractivity contribution in [2.45, 2.75) is 19.4 Å². The maximum atomic E-state index is 6.07. The highest BCUT2D eigenvalue weighted by Crippen LogP contribution is 2.30. The minimum Gasteiger partial charge on any atom is -0.383 e. The van der Waals surface area contributed by atoms with E-state index in [1.54, 1.807) is 0 Å². The lowest BCUT2D eigenvalue weighted by Crippen LogP contribution is -2.47. The molecule has 3 N–H and O–H groups in total. The molecule has 5 rings (SSSR count). The third-order valence-corrected chi connectivity index (χ3v) is 5.97. The quantitative estimate of drug-likeness (QED) is 0.675. The predicted molar refractivity (Wildman–Crippen MR) is 119 cm³/mol. The molecule has 6 nitrogen and oxygen atoms in total. The molecule has 0 spiro atoms. The molecule has 29 heavy (non-hydrogen) atoms. The molecule has 2 aliphatic rings. The van der Waals surface area contributed by atoms with Crippen LogP contribution in [0.4, 0.5) is 17.5 Å². The molecule has 1 saturated carbocycles. The van der Waals surface area contributed by atoms with E-state index >= 15 is 0 Å². The lowest BCUT2D eigenvalue weighted by Gasteiger charge is -2.36. The van der Waals surface area contributed by atoms with Crippen LogP contribution in [0.3, 0.4) is 0 Å². The van der Waals surface area contributed by atoms with Crippen LogP contribution in [-0.4, -0.2) is 47.6 Å². The first kappa shape index (κ1) is 18.2. The molecule has 0 amide bonds. The van der Waals surface area contributed by atoms with E-state index in [2.05, 4.69) is 49.4 Å². The predicted octanol–water partition coefficient (Wildman–Crippen LogP) is 3.36. The molecule has 2 fully saturated rings. The van der Waals surface area contributed by atoms with E-state index in [1.807, 2.05) is 24.3 Å². The van der Waals surface area contributed by atoms with Gasteiger partial charge in [0.1, 0.15) is 5.82 Å². The van der Waals surface area contributed by atoms with Gasteiger partial charge in [-0.1, -0.05) is 24.3 Å². The zero-order valence-corrected chi connectivity index (χ0v) is 16.7. The van der Waals surface area contributed by atoms with E-state index in [1.165, 1.54) is 43.7 Å². The molecule has 3 aromatic rings.